The van der Waals surface area contributed by atoms with Crippen LogP contribution in [0.15, 0.2) is 53.2 Å². The van der Waals surface area contributed by atoms with Gasteiger partial charge in [-0.05, 0) is 37.3 Å². The van der Waals surface area contributed by atoms with E-state index in [1.54, 1.807) is 25.3 Å². The highest BCUT2D eigenvalue weighted by molar-refractivity contribution is 6.08. The highest BCUT2D eigenvalue weighted by Crippen LogP contribution is 2.30. The predicted octanol–water partition coefficient (Wildman–Crippen LogP) is 3.82. The van der Waals surface area contributed by atoms with Crippen LogP contribution in [-0.4, -0.2) is 39.7 Å². The van der Waals surface area contributed by atoms with E-state index < -0.39 is 0 Å². The summed E-state index contributed by atoms with van der Waals surface area (Å²) >= 11 is 0. The molecule has 0 saturated heterocycles. The molecular formula is C22H22N4O3. The van der Waals surface area contributed by atoms with Crippen LogP contribution in [0, 0.1) is 6.92 Å². The molecule has 0 aliphatic rings. The number of pyridine rings is 1. The van der Waals surface area contributed by atoms with Crippen molar-refractivity contribution in [3.05, 3.63) is 65.7 Å². The van der Waals surface area contributed by atoms with Gasteiger partial charge in [-0.25, -0.2) is 0 Å². The molecule has 0 fully saturated rings. The first kappa shape index (κ1) is 18.7. The van der Waals surface area contributed by atoms with Gasteiger partial charge in [0.2, 0.25) is 0 Å². The zero-order valence-electron chi connectivity index (χ0n) is 16.8. The lowest BCUT2D eigenvalue weighted by Gasteiger charge is -2.16. The summed E-state index contributed by atoms with van der Waals surface area (Å²) in [6.07, 6.45) is 1.71. The van der Waals surface area contributed by atoms with E-state index in [0.717, 1.165) is 28.0 Å². The minimum absolute atomic E-state index is 0.0860. The average molecular weight is 390 g/mol. The van der Waals surface area contributed by atoms with E-state index in [2.05, 4.69) is 10.1 Å². The summed E-state index contributed by atoms with van der Waals surface area (Å²) in [5.74, 6) is 1.23. The minimum Gasteiger partial charge on any atom is -0.497 e. The van der Waals surface area contributed by atoms with Gasteiger partial charge in [0, 0.05) is 43.0 Å². The van der Waals surface area contributed by atoms with Gasteiger partial charge in [0.05, 0.1) is 24.9 Å². The Labute approximate surface area is 168 Å². The van der Waals surface area contributed by atoms with Crippen LogP contribution in [-0.2, 0) is 13.6 Å². The minimum atomic E-state index is -0.0860. The van der Waals surface area contributed by atoms with Gasteiger partial charge in [-0.3, -0.25) is 9.78 Å². The zero-order valence-corrected chi connectivity index (χ0v) is 16.8. The standard InChI is InChI=1S/C22H22N4O3/c1-14-21(17-11-15(28-4)8-9-20(17)26(14)3)22(27)25(2)13-16-12-19(24-29-16)18-7-5-6-10-23-18/h5-12H,13H2,1-4H3. The molecule has 3 aromatic heterocycles. The van der Waals surface area contributed by atoms with Gasteiger partial charge in [-0.1, -0.05) is 11.2 Å². The van der Waals surface area contributed by atoms with E-state index in [1.807, 2.05) is 61.0 Å². The van der Waals surface area contributed by atoms with Gasteiger partial charge in [0.15, 0.2) is 5.76 Å². The molecule has 0 unspecified atom stereocenters. The topological polar surface area (TPSA) is 73.4 Å². The summed E-state index contributed by atoms with van der Waals surface area (Å²) in [7, 11) is 5.33. The van der Waals surface area contributed by atoms with Gasteiger partial charge in [-0.15, -0.1) is 0 Å². The quantitative estimate of drug-likeness (QED) is 0.518. The van der Waals surface area contributed by atoms with Crippen molar-refractivity contribution in [1.82, 2.24) is 19.6 Å². The maximum absolute atomic E-state index is 13.3. The van der Waals surface area contributed by atoms with E-state index in [9.17, 15) is 4.79 Å². The largest absolute Gasteiger partial charge is 0.497 e. The molecule has 4 aromatic rings. The Morgan fingerprint density at radius 2 is 2.03 bits per heavy atom. The molecule has 4 rings (SSSR count). The Kier molecular flexibility index (Phi) is 4.80. The first-order valence-electron chi connectivity index (χ1n) is 9.25. The van der Waals surface area contributed by atoms with E-state index in [4.69, 9.17) is 9.26 Å². The highest BCUT2D eigenvalue weighted by Gasteiger charge is 2.23. The number of nitrogens with zero attached hydrogens (tertiary/aromatic N) is 4. The van der Waals surface area contributed by atoms with Crippen molar-refractivity contribution >= 4 is 16.8 Å². The molecule has 0 N–H and O–H groups in total. The fourth-order valence-electron chi connectivity index (χ4n) is 3.47. The first-order valence-corrected chi connectivity index (χ1v) is 9.25. The molecule has 0 spiro atoms. The smallest absolute Gasteiger partial charge is 0.256 e. The maximum atomic E-state index is 13.3. The summed E-state index contributed by atoms with van der Waals surface area (Å²) < 4.78 is 12.8. The normalized spacial score (nSPS) is 11.0. The number of ether oxygens (including phenoxy) is 1. The molecule has 0 saturated carbocycles. The van der Waals surface area contributed by atoms with Crippen LogP contribution in [0.4, 0.5) is 0 Å². The van der Waals surface area contributed by atoms with Crippen LogP contribution in [0.2, 0.25) is 0 Å². The average Bonchev–Trinajstić information content (AvgIpc) is 3.31. The fraction of sp³-hybridized carbons (Fsp3) is 0.227. The molecule has 7 nitrogen and oxygen atoms in total. The molecule has 0 aliphatic carbocycles. The number of aromatic nitrogens is 3. The molecular weight excluding hydrogens is 368 g/mol. The number of hydrogen-bond donors (Lipinski definition) is 0. The van der Waals surface area contributed by atoms with E-state index in [1.165, 1.54) is 0 Å². The summed E-state index contributed by atoms with van der Waals surface area (Å²) in [6, 6.07) is 13.2. The number of hydrogen-bond acceptors (Lipinski definition) is 5. The lowest BCUT2D eigenvalue weighted by atomic mass is 10.1. The van der Waals surface area contributed by atoms with Gasteiger partial charge < -0.3 is 18.7 Å². The fourth-order valence-corrected chi connectivity index (χ4v) is 3.47. The summed E-state index contributed by atoms with van der Waals surface area (Å²) in [5.41, 5.74) is 3.92. The highest BCUT2D eigenvalue weighted by atomic mass is 16.5. The summed E-state index contributed by atoms with van der Waals surface area (Å²) in [5, 5.41) is 4.94. The monoisotopic (exact) mass is 390 g/mol. The molecule has 7 heteroatoms. The predicted molar refractivity (Wildman–Crippen MR) is 110 cm³/mol. The van der Waals surface area contributed by atoms with Crippen LogP contribution >= 0.6 is 0 Å². The lowest BCUT2D eigenvalue weighted by molar-refractivity contribution is 0.0773. The molecule has 29 heavy (non-hydrogen) atoms. The van der Waals surface area contributed by atoms with Crippen LogP contribution in [0.3, 0.4) is 0 Å². The van der Waals surface area contributed by atoms with Crippen molar-refractivity contribution in [3.8, 4) is 17.1 Å². The summed E-state index contributed by atoms with van der Waals surface area (Å²) in [4.78, 5) is 19.2. The molecule has 1 amide bonds. The number of rotatable bonds is 5. The first-order chi connectivity index (χ1) is 14.0. The second-order valence-electron chi connectivity index (χ2n) is 6.96. The van der Waals surface area contributed by atoms with Crippen LogP contribution in [0.1, 0.15) is 21.8 Å². The summed E-state index contributed by atoms with van der Waals surface area (Å²) in [6.45, 7) is 2.25. The van der Waals surface area contributed by atoms with Crippen molar-refractivity contribution in [3.63, 3.8) is 0 Å². The van der Waals surface area contributed by atoms with Gasteiger partial charge in [-0.2, -0.15) is 0 Å². The van der Waals surface area contributed by atoms with Crippen LogP contribution < -0.4 is 4.74 Å². The Bertz CT molecular complexity index is 1180. The van der Waals surface area contributed by atoms with Crippen molar-refractivity contribution in [2.75, 3.05) is 14.2 Å². The van der Waals surface area contributed by atoms with Crippen LogP contribution in [0.5, 0.6) is 5.75 Å². The Morgan fingerprint density at radius 3 is 2.76 bits per heavy atom. The van der Waals surface area contributed by atoms with Crippen LogP contribution in [0.25, 0.3) is 22.3 Å². The zero-order chi connectivity index (χ0) is 20.5. The SMILES string of the molecule is COc1ccc2c(c1)c(C(=O)N(C)Cc1cc(-c3ccccn3)no1)c(C)n2C. The van der Waals surface area contributed by atoms with Gasteiger partial charge >= 0.3 is 0 Å². The number of methoxy groups -OCH3 is 1. The van der Waals surface area contributed by atoms with Crippen molar-refractivity contribution in [2.24, 2.45) is 7.05 Å². The third-order valence-corrected chi connectivity index (χ3v) is 5.14. The van der Waals surface area contributed by atoms with Crippen molar-refractivity contribution in [1.29, 1.82) is 0 Å². The third kappa shape index (κ3) is 3.35. The molecule has 1 aromatic carbocycles. The van der Waals surface area contributed by atoms with E-state index in [-0.39, 0.29) is 5.91 Å². The van der Waals surface area contributed by atoms with E-state index >= 15 is 0 Å². The molecule has 0 radical (unpaired) electrons. The van der Waals surface area contributed by atoms with Crippen molar-refractivity contribution in [2.45, 2.75) is 13.5 Å². The second kappa shape index (κ2) is 7.43. The number of benzene rings is 1. The Balaban J connectivity index is 1.62. The maximum Gasteiger partial charge on any atom is 0.256 e. The van der Waals surface area contributed by atoms with E-state index in [0.29, 0.717) is 23.6 Å². The number of fused-ring (bicyclic) bond motifs is 1. The molecule has 0 atom stereocenters. The van der Waals surface area contributed by atoms with Gasteiger partial charge in [0.25, 0.3) is 5.91 Å². The molecule has 148 valence electrons. The second-order valence-corrected chi connectivity index (χ2v) is 6.96. The number of aryl methyl sites for hydroxylation is 1. The van der Waals surface area contributed by atoms with Gasteiger partial charge in [0.1, 0.15) is 11.4 Å². The number of carbonyl (C=O) groups is 1. The Morgan fingerprint density at radius 1 is 1.21 bits per heavy atom. The number of amides is 1. The number of carbonyl (C=O) groups excluding carboxylic acids is 1. The van der Waals surface area contributed by atoms with Crippen molar-refractivity contribution < 1.29 is 14.1 Å². The lowest BCUT2D eigenvalue weighted by Crippen LogP contribution is -2.26. The molecule has 3 heterocycles. The molecule has 0 aliphatic heterocycles. The Hall–Kier alpha value is -3.61. The third-order valence-electron chi connectivity index (χ3n) is 5.14. The molecule has 0 bridgehead atoms.